The molecule has 1 aliphatic rings. The van der Waals surface area contributed by atoms with Crippen LogP contribution in [0.2, 0.25) is 5.02 Å². The Balaban J connectivity index is 0.00000261. The van der Waals surface area contributed by atoms with Crippen LogP contribution < -0.4 is 10.6 Å². The molecule has 5 nitrogen and oxygen atoms in total. The van der Waals surface area contributed by atoms with E-state index in [2.05, 4.69) is 26.7 Å². The van der Waals surface area contributed by atoms with E-state index >= 15 is 0 Å². The average molecular weight is 501 g/mol. The molecule has 2 N–H and O–H groups in total. The second-order valence-electron chi connectivity index (χ2n) is 6.47. The Morgan fingerprint density at radius 2 is 1.89 bits per heavy atom. The van der Waals surface area contributed by atoms with Crippen LogP contribution in [0.1, 0.15) is 24.1 Å². The Hall–Kier alpha value is -1.38. The fourth-order valence-electron chi connectivity index (χ4n) is 3.35. The van der Waals surface area contributed by atoms with E-state index in [-0.39, 0.29) is 29.4 Å². The maximum absolute atomic E-state index is 6.51. The number of rotatable bonds is 5. The second kappa shape index (κ2) is 10.8. The average Bonchev–Trinajstić information content (AvgIpc) is 2.70. The molecule has 2 heterocycles. The maximum Gasteiger partial charge on any atom is 0.191 e. The van der Waals surface area contributed by atoms with Gasteiger partial charge in [-0.1, -0.05) is 35.9 Å². The van der Waals surface area contributed by atoms with Crippen LogP contribution >= 0.6 is 35.6 Å². The highest BCUT2D eigenvalue weighted by molar-refractivity contribution is 14.0. The van der Waals surface area contributed by atoms with Gasteiger partial charge in [0.2, 0.25) is 0 Å². The van der Waals surface area contributed by atoms with Crippen LogP contribution in [0.15, 0.2) is 53.7 Å². The van der Waals surface area contributed by atoms with Gasteiger partial charge < -0.3 is 15.4 Å². The summed E-state index contributed by atoms with van der Waals surface area (Å²) in [5, 5.41) is 7.61. The van der Waals surface area contributed by atoms with E-state index in [4.69, 9.17) is 16.3 Å². The molecule has 7 heteroatoms. The van der Waals surface area contributed by atoms with E-state index in [0.29, 0.717) is 6.54 Å². The van der Waals surface area contributed by atoms with Crippen molar-refractivity contribution in [2.45, 2.75) is 24.8 Å². The van der Waals surface area contributed by atoms with Gasteiger partial charge in [0.05, 0.1) is 12.2 Å². The predicted molar refractivity (Wildman–Crippen MR) is 121 cm³/mol. The molecule has 3 rings (SSSR count). The molecule has 27 heavy (non-hydrogen) atoms. The highest BCUT2D eigenvalue weighted by Crippen LogP contribution is 2.38. The minimum Gasteiger partial charge on any atom is -0.381 e. The lowest BCUT2D eigenvalue weighted by Gasteiger charge is -2.38. The van der Waals surface area contributed by atoms with Crippen LogP contribution in [-0.2, 0) is 16.7 Å². The van der Waals surface area contributed by atoms with Gasteiger partial charge in [0.25, 0.3) is 0 Å². The molecule has 0 spiro atoms. The monoisotopic (exact) mass is 500 g/mol. The first-order valence-electron chi connectivity index (χ1n) is 8.91. The third-order valence-electron chi connectivity index (χ3n) is 4.88. The Kier molecular flexibility index (Phi) is 8.79. The van der Waals surface area contributed by atoms with E-state index in [1.54, 1.807) is 13.2 Å². The van der Waals surface area contributed by atoms with Crippen LogP contribution in [-0.4, -0.2) is 37.7 Å². The van der Waals surface area contributed by atoms with Crippen LogP contribution in [0.3, 0.4) is 0 Å². The number of pyridine rings is 1. The lowest BCUT2D eigenvalue weighted by atomic mass is 9.74. The molecule has 0 saturated carbocycles. The summed E-state index contributed by atoms with van der Waals surface area (Å²) in [6.45, 7) is 2.87. The Labute approximate surface area is 183 Å². The number of hydrogen-bond donors (Lipinski definition) is 2. The zero-order valence-corrected chi connectivity index (χ0v) is 18.5. The first kappa shape index (κ1) is 21.9. The number of halogens is 2. The Bertz CT molecular complexity index is 736. The summed E-state index contributed by atoms with van der Waals surface area (Å²) in [4.78, 5) is 8.67. The molecule has 1 aliphatic heterocycles. The molecule has 1 aromatic carbocycles. The number of benzene rings is 1. The van der Waals surface area contributed by atoms with Gasteiger partial charge in [0, 0.05) is 43.4 Å². The van der Waals surface area contributed by atoms with E-state index in [1.165, 1.54) is 5.56 Å². The molecule has 0 radical (unpaired) electrons. The minimum atomic E-state index is -0.0563. The van der Waals surface area contributed by atoms with Crippen molar-refractivity contribution in [2.24, 2.45) is 4.99 Å². The summed E-state index contributed by atoms with van der Waals surface area (Å²) in [7, 11) is 1.78. The van der Waals surface area contributed by atoms with Crippen molar-refractivity contribution in [3.05, 3.63) is 64.9 Å². The highest BCUT2D eigenvalue weighted by atomic mass is 127. The predicted octanol–water partition coefficient (Wildman–Crippen LogP) is 3.77. The standard InChI is InChI=1S/C20H25ClN4O.HI/c1-22-19(24-14-16-6-4-5-11-23-16)25-15-20(9-12-26-13-10-20)17-7-2-3-8-18(17)21;/h2-8,11H,9-10,12-15H2,1H3,(H2,22,24,25);1H. The molecule has 0 bridgehead atoms. The quantitative estimate of drug-likeness (QED) is 0.373. The number of aliphatic imine (C=N–C) groups is 1. The molecule has 146 valence electrons. The smallest absolute Gasteiger partial charge is 0.191 e. The van der Waals surface area contributed by atoms with Gasteiger partial charge in [-0.3, -0.25) is 9.98 Å². The molecule has 2 aromatic rings. The molecular weight excluding hydrogens is 475 g/mol. The van der Waals surface area contributed by atoms with Crippen molar-refractivity contribution < 1.29 is 4.74 Å². The van der Waals surface area contributed by atoms with Gasteiger partial charge in [-0.25, -0.2) is 0 Å². The van der Waals surface area contributed by atoms with E-state index in [9.17, 15) is 0 Å². The van der Waals surface area contributed by atoms with Crippen molar-refractivity contribution >= 4 is 41.5 Å². The number of hydrogen-bond acceptors (Lipinski definition) is 3. The number of aromatic nitrogens is 1. The van der Waals surface area contributed by atoms with E-state index < -0.39 is 0 Å². The highest BCUT2D eigenvalue weighted by Gasteiger charge is 2.36. The molecule has 0 aliphatic carbocycles. The SMILES string of the molecule is CN=C(NCc1ccccn1)NCC1(c2ccccc2Cl)CCOCC1.I. The van der Waals surface area contributed by atoms with Crippen LogP contribution in [0, 0.1) is 0 Å². The molecule has 1 aromatic heterocycles. The Morgan fingerprint density at radius 3 is 2.56 bits per heavy atom. The van der Waals surface area contributed by atoms with Gasteiger partial charge in [-0.05, 0) is 36.6 Å². The van der Waals surface area contributed by atoms with Crippen molar-refractivity contribution in [3.63, 3.8) is 0 Å². The van der Waals surface area contributed by atoms with Gasteiger partial charge in [-0.15, -0.1) is 24.0 Å². The zero-order chi connectivity index (χ0) is 18.2. The minimum absolute atomic E-state index is 0. The van der Waals surface area contributed by atoms with Crippen molar-refractivity contribution in [2.75, 3.05) is 26.8 Å². The summed E-state index contributed by atoms with van der Waals surface area (Å²) in [5.74, 6) is 0.758. The van der Waals surface area contributed by atoms with Crippen molar-refractivity contribution in [1.29, 1.82) is 0 Å². The summed E-state index contributed by atoms with van der Waals surface area (Å²) in [6.07, 6.45) is 3.66. The van der Waals surface area contributed by atoms with Gasteiger partial charge in [0.1, 0.15) is 0 Å². The zero-order valence-electron chi connectivity index (χ0n) is 15.5. The van der Waals surface area contributed by atoms with Gasteiger partial charge in [0.15, 0.2) is 5.96 Å². The fourth-order valence-corrected chi connectivity index (χ4v) is 3.68. The first-order chi connectivity index (χ1) is 12.7. The number of nitrogens with zero attached hydrogens (tertiary/aromatic N) is 2. The van der Waals surface area contributed by atoms with Gasteiger partial charge in [-0.2, -0.15) is 0 Å². The lowest BCUT2D eigenvalue weighted by molar-refractivity contribution is 0.0514. The summed E-state index contributed by atoms with van der Waals surface area (Å²) in [5.41, 5.74) is 2.10. The number of guanidine groups is 1. The molecule has 0 unspecified atom stereocenters. The second-order valence-corrected chi connectivity index (χ2v) is 6.88. The van der Waals surface area contributed by atoms with Crippen molar-refractivity contribution in [3.8, 4) is 0 Å². The molecule has 0 amide bonds. The molecule has 1 fully saturated rings. The fraction of sp³-hybridized carbons (Fsp3) is 0.400. The van der Waals surface area contributed by atoms with Gasteiger partial charge >= 0.3 is 0 Å². The molecule has 1 saturated heterocycles. The maximum atomic E-state index is 6.51. The molecular formula is C20H26ClIN4O. The summed E-state index contributed by atoms with van der Waals surface area (Å²) >= 11 is 6.51. The lowest BCUT2D eigenvalue weighted by Crippen LogP contribution is -2.48. The third kappa shape index (κ3) is 5.80. The van der Waals surface area contributed by atoms with E-state index in [0.717, 1.165) is 49.3 Å². The topological polar surface area (TPSA) is 58.5 Å². The summed E-state index contributed by atoms with van der Waals surface area (Å²) in [6, 6.07) is 14.0. The largest absolute Gasteiger partial charge is 0.381 e. The van der Waals surface area contributed by atoms with E-state index in [1.807, 2.05) is 36.4 Å². The Morgan fingerprint density at radius 1 is 1.15 bits per heavy atom. The first-order valence-corrected chi connectivity index (χ1v) is 9.28. The van der Waals surface area contributed by atoms with Crippen molar-refractivity contribution in [1.82, 2.24) is 15.6 Å². The summed E-state index contributed by atoms with van der Waals surface area (Å²) < 4.78 is 5.60. The van der Waals surface area contributed by atoms with Crippen LogP contribution in [0.25, 0.3) is 0 Å². The number of nitrogens with one attached hydrogen (secondary N) is 2. The molecule has 0 atom stereocenters. The number of ether oxygens (including phenoxy) is 1. The van der Waals surface area contributed by atoms with Crippen LogP contribution in [0.5, 0.6) is 0 Å². The normalized spacial score (nSPS) is 16.3. The third-order valence-corrected chi connectivity index (χ3v) is 5.21. The van der Waals surface area contributed by atoms with Crippen LogP contribution in [0.4, 0.5) is 0 Å².